The van der Waals surface area contributed by atoms with Gasteiger partial charge in [-0.3, -0.25) is 9.59 Å². The molecule has 1 heterocycles. The Morgan fingerprint density at radius 3 is 2.33 bits per heavy atom. The van der Waals surface area contributed by atoms with E-state index in [0.29, 0.717) is 21.9 Å². The summed E-state index contributed by atoms with van der Waals surface area (Å²) in [6.45, 7) is 0. The molecule has 4 aliphatic carbocycles. The highest BCUT2D eigenvalue weighted by Gasteiger charge is 2.67. The molecule has 24 heavy (non-hydrogen) atoms. The van der Waals surface area contributed by atoms with E-state index >= 15 is 0 Å². The third-order valence-corrected chi connectivity index (χ3v) is 6.57. The Morgan fingerprint density at radius 1 is 1.12 bits per heavy atom. The molecule has 122 valence electrons. The molecule has 1 saturated heterocycles. The minimum absolute atomic E-state index is 0.133. The fourth-order valence-corrected chi connectivity index (χ4v) is 5.18. The van der Waals surface area contributed by atoms with Crippen LogP contribution in [0.15, 0.2) is 39.9 Å². The Balaban J connectivity index is 1.44. The number of hydrazone groups is 1. The van der Waals surface area contributed by atoms with E-state index in [-0.39, 0.29) is 41.2 Å². The van der Waals surface area contributed by atoms with Crippen LogP contribution in [0.4, 0.5) is 0 Å². The quantitative estimate of drug-likeness (QED) is 0.482. The fourth-order valence-electron chi connectivity index (χ4n) is 4.78. The topological polar surface area (TPSA) is 70.0 Å². The van der Waals surface area contributed by atoms with Crippen molar-refractivity contribution in [1.82, 2.24) is 5.01 Å². The van der Waals surface area contributed by atoms with Crippen molar-refractivity contribution in [3.8, 4) is 5.75 Å². The molecule has 2 amide bonds. The van der Waals surface area contributed by atoms with Crippen molar-refractivity contribution < 1.29 is 14.7 Å². The predicted molar refractivity (Wildman–Crippen MR) is 90.0 cm³/mol. The maximum atomic E-state index is 12.8. The standard InChI is InChI=1S/C18H15BrN2O3/c19-13-5-8(1-4-14(13)22)7-20-21-17(23)15-9-2-3-10(12-6-11(9)12)16(15)18(21)24/h1-5,7,9-12,15-16,22H,6H2/b20-7+/t9-,10-,11-,12-,15+,16+/m1/s1. The van der Waals surface area contributed by atoms with E-state index in [2.05, 4.69) is 33.2 Å². The van der Waals surface area contributed by atoms with Gasteiger partial charge in [-0.15, -0.1) is 0 Å². The normalized spacial score (nSPS) is 38.8. The van der Waals surface area contributed by atoms with Crippen LogP contribution in [0.2, 0.25) is 0 Å². The summed E-state index contributed by atoms with van der Waals surface area (Å²) in [6.07, 6.45) is 6.94. The first-order chi connectivity index (χ1) is 11.6. The zero-order valence-corrected chi connectivity index (χ0v) is 14.3. The lowest BCUT2D eigenvalue weighted by molar-refractivity contribution is -0.140. The highest BCUT2D eigenvalue weighted by Crippen LogP contribution is 2.65. The Morgan fingerprint density at radius 2 is 1.75 bits per heavy atom. The number of amides is 2. The van der Waals surface area contributed by atoms with Crippen LogP contribution in [-0.2, 0) is 9.59 Å². The first kappa shape index (κ1) is 14.4. The van der Waals surface area contributed by atoms with E-state index in [9.17, 15) is 14.7 Å². The number of benzene rings is 1. The molecule has 3 fully saturated rings. The molecular weight excluding hydrogens is 372 g/mol. The third-order valence-electron chi connectivity index (χ3n) is 5.93. The minimum Gasteiger partial charge on any atom is -0.507 e. The van der Waals surface area contributed by atoms with Gasteiger partial charge < -0.3 is 5.11 Å². The van der Waals surface area contributed by atoms with Crippen molar-refractivity contribution in [3.05, 3.63) is 40.4 Å². The molecule has 0 spiro atoms. The van der Waals surface area contributed by atoms with Gasteiger partial charge in [0.1, 0.15) is 5.75 Å². The van der Waals surface area contributed by atoms with Crippen LogP contribution in [0.3, 0.4) is 0 Å². The van der Waals surface area contributed by atoms with Crippen LogP contribution in [0.5, 0.6) is 5.75 Å². The highest BCUT2D eigenvalue weighted by atomic mass is 79.9. The van der Waals surface area contributed by atoms with Gasteiger partial charge in [0.25, 0.3) is 11.8 Å². The lowest BCUT2D eigenvalue weighted by Crippen LogP contribution is -2.40. The predicted octanol–water partition coefficient (Wildman–Crippen LogP) is 2.54. The molecule has 5 aliphatic rings. The number of carbonyl (C=O) groups excluding carboxylic acids is 2. The molecule has 5 nitrogen and oxygen atoms in total. The summed E-state index contributed by atoms with van der Waals surface area (Å²) in [7, 11) is 0. The summed E-state index contributed by atoms with van der Waals surface area (Å²) in [4.78, 5) is 25.5. The Kier molecular flexibility index (Phi) is 2.87. The molecule has 2 saturated carbocycles. The van der Waals surface area contributed by atoms with Gasteiger partial charge in [-0.05, 0) is 69.8 Å². The van der Waals surface area contributed by atoms with E-state index in [4.69, 9.17) is 0 Å². The van der Waals surface area contributed by atoms with E-state index < -0.39 is 0 Å². The maximum absolute atomic E-state index is 12.8. The van der Waals surface area contributed by atoms with Gasteiger partial charge in [0.15, 0.2) is 0 Å². The number of imide groups is 1. The molecule has 0 radical (unpaired) electrons. The number of phenolic OH excluding ortho intramolecular Hbond substituents is 1. The number of rotatable bonds is 2. The van der Waals surface area contributed by atoms with Gasteiger partial charge in [0, 0.05) is 0 Å². The molecule has 6 atom stereocenters. The van der Waals surface area contributed by atoms with Crippen molar-refractivity contribution in [3.63, 3.8) is 0 Å². The molecule has 2 bridgehead atoms. The number of phenols is 1. The van der Waals surface area contributed by atoms with E-state index in [1.54, 1.807) is 12.1 Å². The van der Waals surface area contributed by atoms with Crippen molar-refractivity contribution in [2.45, 2.75) is 6.42 Å². The molecule has 0 unspecified atom stereocenters. The average Bonchev–Trinajstić information content (AvgIpc) is 3.35. The van der Waals surface area contributed by atoms with Gasteiger partial charge in [-0.25, -0.2) is 0 Å². The van der Waals surface area contributed by atoms with Gasteiger partial charge in [0.05, 0.1) is 22.5 Å². The summed E-state index contributed by atoms with van der Waals surface area (Å²) in [5.41, 5.74) is 0.707. The average molecular weight is 387 g/mol. The molecule has 1 N–H and O–H groups in total. The Labute approximate surface area is 147 Å². The van der Waals surface area contributed by atoms with E-state index in [1.807, 2.05) is 0 Å². The Bertz CT molecular complexity index is 798. The second kappa shape index (κ2) is 4.79. The first-order valence-corrected chi connectivity index (χ1v) is 8.94. The lowest BCUT2D eigenvalue weighted by Gasteiger charge is -2.37. The molecule has 1 aliphatic heterocycles. The van der Waals surface area contributed by atoms with Crippen LogP contribution in [0.25, 0.3) is 0 Å². The zero-order valence-electron chi connectivity index (χ0n) is 12.7. The lowest BCUT2D eigenvalue weighted by atomic mass is 9.63. The van der Waals surface area contributed by atoms with Crippen LogP contribution in [0, 0.1) is 35.5 Å². The highest BCUT2D eigenvalue weighted by molar-refractivity contribution is 9.10. The third kappa shape index (κ3) is 1.83. The molecule has 6 heteroatoms. The van der Waals surface area contributed by atoms with E-state index in [1.165, 1.54) is 12.3 Å². The summed E-state index contributed by atoms with van der Waals surface area (Å²) in [6, 6.07) is 4.91. The van der Waals surface area contributed by atoms with Gasteiger partial charge in [-0.2, -0.15) is 10.1 Å². The van der Waals surface area contributed by atoms with Crippen LogP contribution in [-0.4, -0.2) is 28.1 Å². The summed E-state index contributed by atoms with van der Waals surface area (Å²) >= 11 is 3.24. The minimum atomic E-state index is -0.222. The molecular formula is C18H15BrN2O3. The first-order valence-electron chi connectivity index (χ1n) is 8.15. The van der Waals surface area contributed by atoms with Gasteiger partial charge in [-0.1, -0.05) is 12.2 Å². The number of nitrogens with zero attached hydrogens (tertiary/aromatic N) is 2. The number of hydrogen-bond donors (Lipinski definition) is 1. The largest absolute Gasteiger partial charge is 0.507 e. The molecule has 6 rings (SSSR count). The van der Waals surface area contributed by atoms with Crippen molar-refractivity contribution in [2.75, 3.05) is 0 Å². The van der Waals surface area contributed by atoms with Crippen LogP contribution < -0.4 is 0 Å². The number of aromatic hydroxyl groups is 1. The van der Waals surface area contributed by atoms with Gasteiger partial charge >= 0.3 is 0 Å². The smallest absolute Gasteiger partial charge is 0.254 e. The molecule has 1 aromatic carbocycles. The second-order valence-electron chi connectivity index (χ2n) is 7.10. The second-order valence-corrected chi connectivity index (χ2v) is 7.95. The monoisotopic (exact) mass is 386 g/mol. The van der Waals surface area contributed by atoms with Crippen LogP contribution in [0.1, 0.15) is 12.0 Å². The van der Waals surface area contributed by atoms with Gasteiger partial charge in [0.2, 0.25) is 0 Å². The van der Waals surface area contributed by atoms with Crippen molar-refractivity contribution in [2.24, 2.45) is 40.6 Å². The van der Waals surface area contributed by atoms with Crippen molar-refractivity contribution >= 4 is 34.0 Å². The van der Waals surface area contributed by atoms with E-state index in [0.717, 1.165) is 11.4 Å². The summed E-state index contributed by atoms with van der Waals surface area (Å²) in [5, 5.41) is 14.8. The summed E-state index contributed by atoms with van der Waals surface area (Å²) in [5.74, 6) is 0.972. The fraction of sp³-hybridized carbons (Fsp3) is 0.389. The van der Waals surface area contributed by atoms with Crippen LogP contribution >= 0.6 is 15.9 Å². The number of carbonyl (C=O) groups is 2. The molecule has 0 aromatic heterocycles. The number of halogens is 1. The number of hydrogen-bond acceptors (Lipinski definition) is 4. The number of allylic oxidation sites excluding steroid dienone is 2. The van der Waals surface area contributed by atoms with Crippen molar-refractivity contribution in [1.29, 1.82) is 0 Å². The zero-order chi connectivity index (χ0) is 16.6. The SMILES string of the molecule is O=C1[C@H]2[C@@H]3C=C[C@H]([C@H]4C[C@H]34)[C@@H]2C(=O)N1/N=C/c1ccc(O)c(Br)c1. The Hall–Kier alpha value is -1.95. The molecule has 1 aromatic rings. The maximum Gasteiger partial charge on any atom is 0.254 e. The summed E-state index contributed by atoms with van der Waals surface area (Å²) < 4.78 is 0.543.